The molecule has 0 radical (unpaired) electrons. The Kier molecular flexibility index (Phi) is 8.50. The number of carboxylic acid groups (broad SMARTS) is 1. The molecule has 1 aliphatic heterocycles. The molecule has 0 spiro atoms. The summed E-state index contributed by atoms with van der Waals surface area (Å²) in [6.07, 6.45) is 2.76. The van der Waals surface area contributed by atoms with E-state index in [-0.39, 0.29) is 46.2 Å². The summed E-state index contributed by atoms with van der Waals surface area (Å²) < 4.78 is 49.4. The maximum Gasteiger partial charge on any atom is 0.397 e. The van der Waals surface area contributed by atoms with Gasteiger partial charge in [0.2, 0.25) is 0 Å². The van der Waals surface area contributed by atoms with E-state index in [0.717, 1.165) is 37.7 Å². The van der Waals surface area contributed by atoms with Crippen LogP contribution >= 0.6 is 0 Å². The number of aliphatic hydroxyl groups is 3. The predicted molar refractivity (Wildman–Crippen MR) is 171 cm³/mol. The van der Waals surface area contributed by atoms with Crippen LogP contribution in [0.5, 0.6) is 0 Å². The van der Waals surface area contributed by atoms with Crippen LogP contribution in [0.3, 0.4) is 0 Å². The number of fused-ring (bicyclic) bond motifs is 7. The molecule has 268 valence electrons. The lowest BCUT2D eigenvalue weighted by molar-refractivity contribution is -0.304. The summed E-state index contributed by atoms with van der Waals surface area (Å²) in [6.45, 7) is 15.1. The number of carbonyl (C=O) groups is 1. The van der Waals surface area contributed by atoms with Gasteiger partial charge in [-0.15, -0.1) is 0 Å². The van der Waals surface area contributed by atoms with E-state index < -0.39 is 57.9 Å². The van der Waals surface area contributed by atoms with E-state index in [4.69, 9.17) is 13.7 Å². The maximum absolute atomic E-state index is 13.0. The van der Waals surface area contributed by atoms with E-state index >= 15 is 0 Å². The molecule has 5 fully saturated rings. The normalized spacial score (nSPS) is 52.7. The number of rotatable bonds is 5. The second kappa shape index (κ2) is 11.2. The Morgan fingerprint density at radius 3 is 2.28 bits per heavy atom. The Morgan fingerprint density at radius 2 is 1.64 bits per heavy atom. The molecular formula is C35H56O11S. The molecular weight excluding hydrogens is 628 g/mol. The number of ether oxygens (including phenoxy) is 2. The van der Waals surface area contributed by atoms with Crippen molar-refractivity contribution in [3.63, 3.8) is 0 Å². The van der Waals surface area contributed by atoms with Gasteiger partial charge in [-0.05, 0) is 104 Å². The minimum atomic E-state index is -4.96. The van der Waals surface area contributed by atoms with E-state index in [1.54, 1.807) is 0 Å². The fourth-order valence-electron chi connectivity index (χ4n) is 12.4. The molecule has 0 aromatic heterocycles. The standard InChI is InChI=1S/C35H56O11S/c1-19-10-15-35(29(38)39)17-16-32(5)20(27(35)34(19,7)40)8-9-23-31(4)13-12-24(30(2,3)22(31)11-14-33(23,32)6)45-28-26(46-47(41,42)43)25(37)21(36)18-44-28/h8,19,21-28,36-37,40H,9-18H2,1-7H3,(H,38,39)(H,41,42,43). The summed E-state index contributed by atoms with van der Waals surface area (Å²) in [6, 6.07) is 0. The summed E-state index contributed by atoms with van der Waals surface area (Å²) in [5, 5.41) is 43.4. The molecule has 0 aromatic carbocycles. The van der Waals surface area contributed by atoms with Gasteiger partial charge < -0.3 is 29.9 Å². The average molecular weight is 685 g/mol. The van der Waals surface area contributed by atoms with Gasteiger partial charge in [0.05, 0.1) is 23.7 Å². The Morgan fingerprint density at radius 1 is 0.957 bits per heavy atom. The van der Waals surface area contributed by atoms with E-state index in [1.165, 1.54) is 0 Å². The molecule has 1 heterocycles. The predicted octanol–water partition coefficient (Wildman–Crippen LogP) is 4.49. The van der Waals surface area contributed by atoms with Gasteiger partial charge >= 0.3 is 16.4 Å². The molecule has 47 heavy (non-hydrogen) atoms. The topological polar surface area (TPSA) is 180 Å². The van der Waals surface area contributed by atoms with Crippen LogP contribution in [0.25, 0.3) is 0 Å². The van der Waals surface area contributed by atoms with E-state index in [1.807, 2.05) is 6.92 Å². The molecule has 0 bridgehead atoms. The smallest absolute Gasteiger partial charge is 0.397 e. The molecule has 1 saturated heterocycles. The van der Waals surface area contributed by atoms with Gasteiger partial charge in [0, 0.05) is 5.92 Å². The van der Waals surface area contributed by atoms with E-state index in [0.29, 0.717) is 31.6 Å². The van der Waals surface area contributed by atoms with E-state index in [2.05, 4.69) is 47.6 Å². The molecule has 14 unspecified atom stereocenters. The molecule has 14 atom stereocenters. The fourth-order valence-corrected chi connectivity index (χ4v) is 12.8. The monoisotopic (exact) mass is 684 g/mol. The fraction of sp³-hybridized carbons (Fsp3) is 0.914. The lowest BCUT2D eigenvalue weighted by Crippen LogP contribution is -2.68. The van der Waals surface area contributed by atoms with Crippen molar-refractivity contribution in [2.45, 2.75) is 143 Å². The van der Waals surface area contributed by atoms with Crippen molar-refractivity contribution in [2.24, 2.45) is 50.7 Å². The number of aliphatic hydroxyl groups excluding tert-OH is 2. The maximum atomic E-state index is 13.0. The van der Waals surface area contributed by atoms with Gasteiger partial charge in [0.1, 0.15) is 12.2 Å². The third-order valence-electron chi connectivity index (χ3n) is 15.4. The van der Waals surface area contributed by atoms with Crippen LogP contribution in [0, 0.1) is 50.7 Å². The number of hydrogen-bond donors (Lipinski definition) is 5. The zero-order valence-electron chi connectivity index (χ0n) is 28.9. The summed E-state index contributed by atoms with van der Waals surface area (Å²) >= 11 is 0. The van der Waals surface area contributed by atoms with Gasteiger partial charge in [-0.25, -0.2) is 4.18 Å². The third kappa shape index (κ3) is 5.05. The van der Waals surface area contributed by atoms with Gasteiger partial charge in [-0.1, -0.05) is 53.2 Å². The lowest BCUT2D eigenvalue weighted by Gasteiger charge is -2.72. The molecule has 0 aromatic rings. The molecule has 11 nitrogen and oxygen atoms in total. The number of allylic oxidation sites excluding steroid dienone is 1. The average Bonchev–Trinajstić information content (AvgIpc) is 2.95. The molecule has 4 saturated carbocycles. The highest BCUT2D eigenvalue weighted by Crippen LogP contribution is 2.76. The Hall–Kier alpha value is -1.12. The molecule has 6 rings (SSSR count). The van der Waals surface area contributed by atoms with Crippen molar-refractivity contribution in [3.8, 4) is 0 Å². The van der Waals surface area contributed by atoms with Gasteiger partial charge in [-0.2, -0.15) is 8.42 Å². The molecule has 5 N–H and O–H groups in total. The van der Waals surface area contributed by atoms with Crippen molar-refractivity contribution in [1.82, 2.24) is 0 Å². The Bertz CT molecular complexity index is 1410. The largest absolute Gasteiger partial charge is 0.481 e. The first-order chi connectivity index (χ1) is 21.6. The van der Waals surface area contributed by atoms with Crippen LogP contribution in [-0.4, -0.2) is 82.3 Å². The molecule has 6 aliphatic rings. The van der Waals surface area contributed by atoms with Crippen molar-refractivity contribution in [1.29, 1.82) is 0 Å². The molecule has 12 heteroatoms. The summed E-state index contributed by atoms with van der Waals surface area (Å²) in [4.78, 5) is 13.0. The molecule has 5 aliphatic carbocycles. The van der Waals surface area contributed by atoms with Crippen LogP contribution < -0.4 is 0 Å². The van der Waals surface area contributed by atoms with Crippen LogP contribution in [0.1, 0.15) is 106 Å². The van der Waals surface area contributed by atoms with Crippen molar-refractivity contribution in [3.05, 3.63) is 11.6 Å². The third-order valence-corrected chi connectivity index (χ3v) is 15.9. The first-order valence-electron chi connectivity index (χ1n) is 17.5. The number of aliphatic carboxylic acids is 1. The summed E-state index contributed by atoms with van der Waals surface area (Å²) in [5.74, 6) is -0.678. The summed E-state index contributed by atoms with van der Waals surface area (Å²) in [5.41, 5.74) is -1.77. The lowest BCUT2D eigenvalue weighted by atomic mass is 9.33. The van der Waals surface area contributed by atoms with Gasteiger partial charge in [0.15, 0.2) is 12.4 Å². The first-order valence-corrected chi connectivity index (χ1v) is 18.9. The number of carboxylic acids is 1. The highest BCUT2D eigenvalue weighted by molar-refractivity contribution is 7.80. The molecule has 0 amide bonds. The zero-order valence-corrected chi connectivity index (χ0v) is 29.8. The van der Waals surface area contributed by atoms with E-state index in [9.17, 15) is 38.2 Å². The number of hydrogen-bond acceptors (Lipinski definition) is 9. The van der Waals surface area contributed by atoms with Crippen LogP contribution in [0.2, 0.25) is 0 Å². The van der Waals surface area contributed by atoms with Crippen LogP contribution in [0.15, 0.2) is 11.6 Å². The van der Waals surface area contributed by atoms with Crippen LogP contribution in [0.4, 0.5) is 0 Å². The Labute approximate surface area is 279 Å². The van der Waals surface area contributed by atoms with Crippen LogP contribution in [-0.2, 0) is 28.9 Å². The zero-order chi connectivity index (χ0) is 34.8. The SMILES string of the molecule is CC1CCC2(C(=O)O)CCC3(C)C(=CCC4C5(C)CCC(OC6OCC(O)C(O)C6OS(=O)(=O)O)C(C)(C)C5CCC43C)C2C1(C)O. The van der Waals surface area contributed by atoms with Crippen molar-refractivity contribution >= 4 is 16.4 Å². The second-order valence-corrected chi connectivity index (χ2v) is 18.6. The highest BCUT2D eigenvalue weighted by Gasteiger charge is 2.71. The van der Waals surface area contributed by atoms with Crippen molar-refractivity contribution < 1.29 is 51.8 Å². The van der Waals surface area contributed by atoms with Gasteiger partial charge in [-0.3, -0.25) is 9.35 Å². The Balaban J connectivity index is 1.31. The summed E-state index contributed by atoms with van der Waals surface area (Å²) in [7, 11) is -4.96. The van der Waals surface area contributed by atoms with Gasteiger partial charge in [0.25, 0.3) is 0 Å². The minimum Gasteiger partial charge on any atom is -0.481 e. The highest BCUT2D eigenvalue weighted by atomic mass is 32.3. The quantitative estimate of drug-likeness (QED) is 0.156. The minimum absolute atomic E-state index is 0.00177. The van der Waals surface area contributed by atoms with Crippen molar-refractivity contribution in [2.75, 3.05) is 6.61 Å². The second-order valence-electron chi connectivity index (χ2n) is 17.6. The first kappa shape index (κ1) is 35.7.